The van der Waals surface area contributed by atoms with Gasteiger partial charge in [-0.3, -0.25) is 4.90 Å². The van der Waals surface area contributed by atoms with E-state index in [-0.39, 0.29) is 13.2 Å². The molecule has 0 aromatic heterocycles. The van der Waals surface area contributed by atoms with E-state index >= 15 is 0 Å². The molecule has 1 saturated heterocycles. The van der Waals surface area contributed by atoms with E-state index in [1.165, 1.54) is 4.90 Å². The summed E-state index contributed by atoms with van der Waals surface area (Å²) in [5.74, 6) is 0. The van der Waals surface area contributed by atoms with E-state index in [4.69, 9.17) is 4.74 Å². The molecule has 1 aliphatic rings. The summed E-state index contributed by atoms with van der Waals surface area (Å²) < 4.78 is 52.7. The van der Waals surface area contributed by atoms with Gasteiger partial charge < -0.3 is 4.74 Å². The number of halogens is 4. The third-order valence-electron chi connectivity index (χ3n) is 1.85. The van der Waals surface area contributed by atoms with Gasteiger partial charge in [-0.1, -0.05) is 0 Å². The van der Waals surface area contributed by atoms with Crippen LogP contribution >= 0.6 is 0 Å². The average Bonchev–Trinajstić information content (AvgIpc) is 2.03. The second-order valence-corrected chi connectivity index (χ2v) is 2.89. The Balaban J connectivity index is 2.33. The average molecular weight is 201 g/mol. The van der Waals surface area contributed by atoms with Crippen molar-refractivity contribution in [3.8, 4) is 0 Å². The lowest BCUT2D eigenvalue weighted by molar-refractivity contribution is -0.109. The van der Waals surface area contributed by atoms with E-state index in [2.05, 4.69) is 0 Å². The van der Waals surface area contributed by atoms with Gasteiger partial charge in [0.2, 0.25) is 0 Å². The Morgan fingerprint density at radius 2 is 2.00 bits per heavy atom. The molecular weight excluding hydrogens is 190 g/mol. The molecule has 2 nitrogen and oxygen atoms in total. The largest absolute Gasteiger partial charge is 0.370 e. The molecule has 6 heteroatoms. The summed E-state index contributed by atoms with van der Waals surface area (Å²) in [4.78, 5) is 1.30. The smallest absolute Gasteiger partial charge is 0.265 e. The number of hydrogen-bond donors (Lipinski definition) is 0. The lowest BCUT2D eigenvalue weighted by Crippen LogP contribution is -2.47. The van der Waals surface area contributed by atoms with Crippen LogP contribution in [0.2, 0.25) is 0 Å². The third-order valence-corrected chi connectivity index (χ3v) is 1.85. The molecule has 0 aliphatic carbocycles. The van der Waals surface area contributed by atoms with Gasteiger partial charge in [-0.15, -0.1) is 0 Å². The van der Waals surface area contributed by atoms with Crippen molar-refractivity contribution < 1.29 is 22.3 Å². The van der Waals surface area contributed by atoms with Gasteiger partial charge >= 0.3 is 0 Å². The van der Waals surface area contributed by atoms with Crippen LogP contribution in [-0.4, -0.2) is 50.1 Å². The van der Waals surface area contributed by atoms with Crippen LogP contribution in [0.3, 0.4) is 0 Å². The zero-order valence-corrected chi connectivity index (χ0v) is 6.93. The maximum atomic E-state index is 12.1. The zero-order chi connectivity index (χ0) is 9.84. The minimum atomic E-state index is -2.60. The maximum absolute atomic E-state index is 12.1. The SMILES string of the molecule is FC(F)CN1CCOC(C(F)F)C1. The van der Waals surface area contributed by atoms with Gasteiger partial charge in [0.25, 0.3) is 12.9 Å². The van der Waals surface area contributed by atoms with Gasteiger partial charge in [-0.05, 0) is 0 Å². The molecule has 0 bridgehead atoms. The van der Waals surface area contributed by atoms with Gasteiger partial charge in [0, 0.05) is 13.1 Å². The summed E-state index contributed by atoms with van der Waals surface area (Å²) in [6.07, 6.45) is -6.29. The molecular formula is C7H11F4NO. The van der Waals surface area contributed by atoms with E-state index in [1.807, 2.05) is 0 Å². The highest BCUT2D eigenvalue weighted by atomic mass is 19.3. The molecule has 1 aliphatic heterocycles. The van der Waals surface area contributed by atoms with Crippen LogP contribution in [0.1, 0.15) is 0 Å². The van der Waals surface area contributed by atoms with Crippen LogP contribution in [0.25, 0.3) is 0 Å². The van der Waals surface area contributed by atoms with E-state index in [0.29, 0.717) is 6.54 Å². The van der Waals surface area contributed by atoms with E-state index in [1.54, 1.807) is 0 Å². The third kappa shape index (κ3) is 3.48. The van der Waals surface area contributed by atoms with Crippen LogP contribution in [0, 0.1) is 0 Å². The van der Waals surface area contributed by atoms with Crippen LogP contribution < -0.4 is 0 Å². The Morgan fingerprint density at radius 3 is 2.54 bits per heavy atom. The van der Waals surface area contributed by atoms with Crippen LogP contribution in [-0.2, 0) is 4.74 Å². The number of ether oxygens (including phenoxy) is 1. The minimum absolute atomic E-state index is 0.0989. The van der Waals surface area contributed by atoms with Crippen LogP contribution in [0.15, 0.2) is 0 Å². The van der Waals surface area contributed by atoms with Crippen molar-refractivity contribution in [3.63, 3.8) is 0 Å². The van der Waals surface area contributed by atoms with Crippen molar-refractivity contribution >= 4 is 0 Å². The zero-order valence-electron chi connectivity index (χ0n) is 6.93. The van der Waals surface area contributed by atoms with Crippen LogP contribution in [0.5, 0.6) is 0 Å². The van der Waals surface area contributed by atoms with E-state index in [9.17, 15) is 17.6 Å². The molecule has 0 N–H and O–H groups in total. The molecule has 1 atom stereocenters. The van der Waals surface area contributed by atoms with Gasteiger partial charge in [0.1, 0.15) is 6.10 Å². The predicted molar refractivity (Wildman–Crippen MR) is 38.2 cm³/mol. The Hall–Kier alpha value is -0.360. The van der Waals surface area contributed by atoms with Crippen LogP contribution in [0.4, 0.5) is 17.6 Å². The number of rotatable bonds is 3. The Bertz CT molecular complexity index is 155. The second kappa shape index (κ2) is 4.76. The monoisotopic (exact) mass is 201 g/mol. The molecule has 13 heavy (non-hydrogen) atoms. The second-order valence-electron chi connectivity index (χ2n) is 2.89. The van der Waals surface area contributed by atoms with Crippen molar-refractivity contribution in [1.29, 1.82) is 0 Å². The molecule has 0 radical (unpaired) electrons. The Labute approximate surface area is 73.5 Å². The highest BCUT2D eigenvalue weighted by molar-refractivity contribution is 4.73. The fourth-order valence-electron chi connectivity index (χ4n) is 1.25. The number of alkyl halides is 4. The van der Waals surface area contributed by atoms with Gasteiger partial charge in [0.15, 0.2) is 0 Å². The first-order valence-corrected chi connectivity index (χ1v) is 4.00. The molecule has 0 aromatic carbocycles. The topological polar surface area (TPSA) is 12.5 Å². The molecule has 78 valence electrons. The molecule has 0 saturated carbocycles. The molecule has 1 heterocycles. The van der Waals surface area contributed by atoms with Crippen molar-refractivity contribution in [2.45, 2.75) is 19.0 Å². The quantitative estimate of drug-likeness (QED) is 0.636. The normalized spacial score (nSPS) is 25.8. The molecule has 1 fully saturated rings. The summed E-state index contributed by atoms with van der Waals surface area (Å²) >= 11 is 0. The maximum Gasteiger partial charge on any atom is 0.265 e. The van der Waals surface area contributed by atoms with Gasteiger partial charge in [0.05, 0.1) is 13.2 Å². The summed E-state index contributed by atoms with van der Waals surface area (Å²) in [7, 11) is 0. The fourth-order valence-corrected chi connectivity index (χ4v) is 1.25. The number of nitrogens with zero attached hydrogens (tertiary/aromatic N) is 1. The molecule has 1 unspecified atom stereocenters. The standard InChI is InChI=1S/C7H11F4NO/c8-6(9)4-12-1-2-13-5(3-12)7(10)11/h5-7H,1-4H2. The first-order valence-electron chi connectivity index (χ1n) is 4.00. The van der Waals surface area contributed by atoms with Gasteiger partial charge in [-0.25, -0.2) is 17.6 Å². The molecule has 0 spiro atoms. The van der Waals surface area contributed by atoms with Crippen molar-refractivity contribution in [1.82, 2.24) is 4.90 Å². The molecule has 1 rings (SSSR count). The number of morpholine rings is 1. The lowest BCUT2D eigenvalue weighted by Gasteiger charge is -2.31. The van der Waals surface area contributed by atoms with Gasteiger partial charge in [-0.2, -0.15) is 0 Å². The summed E-state index contributed by atoms with van der Waals surface area (Å²) in [6.45, 7) is -0.163. The van der Waals surface area contributed by atoms with E-state index in [0.717, 1.165) is 0 Å². The predicted octanol–water partition coefficient (Wildman–Crippen LogP) is 1.22. The molecule has 0 amide bonds. The first kappa shape index (κ1) is 10.7. The van der Waals surface area contributed by atoms with Crippen molar-refractivity contribution in [2.24, 2.45) is 0 Å². The number of hydrogen-bond acceptors (Lipinski definition) is 2. The minimum Gasteiger partial charge on any atom is -0.370 e. The van der Waals surface area contributed by atoms with Crippen molar-refractivity contribution in [3.05, 3.63) is 0 Å². The first-order chi connectivity index (χ1) is 6.09. The highest BCUT2D eigenvalue weighted by Gasteiger charge is 2.28. The lowest BCUT2D eigenvalue weighted by atomic mass is 10.3. The Kier molecular flexibility index (Phi) is 3.92. The Morgan fingerprint density at radius 1 is 1.31 bits per heavy atom. The summed E-state index contributed by atoms with van der Waals surface area (Å²) in [5, 5.41) is 0. The summed E-state index contributed by atoms with van der Waals surface area (Å²) in [6, 6.07) is 0. The highest BCUT2D eigenvalue weighted by Crippen LogP contribution is 2.13. The molecule has 0 aromatic rings. The van der Waals surface area contributed by atoms with E-state index < -0.39 is 25.5 Å². The van der Waals surface area contributed by atoms with Crippen molar-refractivity contribution in [2.75, 3.05) is 26.2 Å². The fraction of sp³-hybridized carbons (Fsp3) is 1.00. The summed E-state index contributed by atoms with van der Waals surface area (Å²) in [5.41, 5.74) is 0.